The van der Waals surface area contributed by atoms with Crippen molar-refractivity contribution in [3.63, 3.8) is 0 Å². The van der Waals surface area contributed by atoms with Gasteiger partial charge in [0.05, 0.1) is 11.1 Å². The first-order valence-electron chi connectivity index (χ1n) is 20.4. The summed E-state index contributed by atoms with van der Waals surface area (Å²) in [6.45, 7) is 0. The SMILES string of the molecule is c1ccc(-c2cccc(-c3ccccc3)c2N(c2ccc(C3CCCCC3)cc2)c2ccc3c(c2)C2(c4ccccc4-c4ccccc42)c2ccccc2-3)cc1. The van der Waals surface area contributed by atoms with E-state index in [2.05, 4.69) is 199 Å². The first-order chi connectivity index (χ1) is 27.8. The highest BCUT2D eigenvalue weighted by atomic mass is 15.1. The molecule has 0 unspecified atom stereocenters. The van der Waals surface area contributed by atoms with Crippen LogP contribution in [0.25, 0.3) is 44.5 Å². The van der Waals surface area contributed by atoms with Gasteiger partial charge in [-0.1, -0.05) is 189 Å². The van der Waals surface area contributed by atoms with E-state index < -0.39 is 5.41 Å². The third-order valence-corrected chi connectivity index (χ3v) is 12.9. The normalized spacial score (nSPS) is 14.9. The fraction of sp³-hybridized carbons (Fsp3) is 0.127. The molecule has 0 atom stereocenters. The first kappa shape index (κ1) is 32.9. The van der Waals surface area contributed by atoms with Gasteiger partial charge in [-0.15, -0.1) is 0 Å². The molecule has 1 spiro atoms. The van der Waals surface area contributed by atoms with E-state index in [4.69, 9.17) is 0 Å². The predicted molar refractivity (Wildman–Crippen MR) is 234 cm³/mol. The van der Waals surface area contributed by atoms with Crippen molar-refractivity contribution >= 4 is 17.1 Å². The lowest BCUT2D eigenvalue weighted by Crippen LogP contribution is -2.26. The summed E-state index contributed by atoms with van der Waals surface area (Å²) in [7, 11) is 0. The molecule has 268 valence electrons. The van der Waals surface area contributed by atoms with Gasteiger partial charge in [0.15, 0.2) is 0 Å². The van der Waals surface area contributed by atoms with Crippen LogP contribution in [0.3, 0.4) is 0 Å². The largest absolute Gasteiger partial charge is 0.309 e. The monoisotopic (exact) mass is 717 g/mol. The molecule has 0 aromatic heterocycles. The average molecular weight is 718 g/mol. The van der Waals surface area contributed by atoms with Crippen LogP contribution in [0.2, 0.25) is 0 Å². The number of fused-ring (bicyclic) bond motifs is 10. The van der Waals surface area contributed by atoms with Gasteiger partial charge < -0.3 is 4.90 Å². The second-order valence-electron chi connectivity index (χ2n) is 15.8. The quantitative estimate of drug-likeness (QED) is 0.166. The molecule has 3 aliphatic carbocycles. The van der Waals surface area contributed by atoms with Crippen LogP contribution in [0.15, 0.2) is 194 Å². The molecule has 8 aromatic rings. The standard InChI is InChI=1S/C55H43N/c1-4-17-38(18-5-1)39-31-33-42(34-32-39)56(54-44(40-19-6-2-7-20-40)26-16-27-45(54)41-21-8-3-9-22-41)43-35-36-49-48-25-12-15-30-52(48)55(53(49)37-43)50-28-13-10-23-46(50)47-24-11-14-29-51(47)55/h2-3,6-16,19-38H,1,4-5,17-18H2. The molecular formula is C55H43N. The summed E-state index contributed by atoms with van der Waals surface area (Å²) in [4.78, 5) is 2.55. The molecule has 1 heteroatoms. The van der Waals surface area contributed by atoms with E-state index in [9.17, 15) is 0 Å². The van der Waals surface area contributed by atoms with E-state index in [-0.39, 0.29) is 0 Å². The second kappa shape index (κ2) is 13.4. The smallest absolute Gasteiger partial charge is 0.0726 e. The highest BCUT2D eigenvalue weighted by Crippen LogP contribution is 2.63. The van der Waals surface area contributed by atoms with Crippen LogP contribution in [0.5, 0.6) is 0 Å². The molecular weight excluding hydrogens is 675 g/mol. The van der Waals surface area contributed by atoms with Crippen molar-refractivity contribution in [3.8, 4) is 44.5 Å². The van der Waals surface area contributed by atoms with Gasteiger partial charge in [-0.05, 0) is 104 Å². The summed E-state index contributed by atoms with van der Waals surface area (Å²) in [5.74, 6) is 0.642. The van der Waals surface area contributed by atoms with Gasteiger partial charge in [-0.2, -0.15) is 0 Å². The number of hydrogen-bond donors (Lipinski definition) is 0. The Labute approximate surface area is 330 Å². The Balaban J connectivity index is 1.20. The molecule has 0 heterocycles. The van der Waals surface area contributed by atoms with Crippen molar-refractivity contribution in [1.82, 2.24) is 0 Å². The van der Waals surface area contributed by atoms with Crippen molar-refractivity contribution in [3.05, 3.63) is 222 Å². The van der Waals surface area contributed by atoms with Crippen LogP contribution in [0.1, 0.15) is 65.8 Å². The first-order valence-corrected chi connectivity index (χ1v) is 20.4. The molecule has 0 saturated heterocycles. The summed E-state index contributed by atoms with van der Waals surface area (Å²) in [6, 6.07) is 72.9. The van der Waals surface area contributed by atoms with E-state index in [1.54, 1.807) is 0 Å². The number of nitrogens with zero attached hydrogens (tertiary/aromatic N) is 1. The van der Waals surface area contributed by atoms with Crippen LogP contribution in [0.4, 0.5) is 17.1 Å². The van der Waals surface area contributed by atoms with Gasteiger partial charge in [-0.25, -0.2) is 0 Å². The van der Waals surface area contributed by atoms with Crippen LogP contribution in [0, 0.1) is 0 Å². The summed E-state index contributed by atoms with van der Waals surface area (Å²) in [5.41, 5.74) is 20.1. The van der Waals surface area contributed by atoms with Gasteiger partial charge in [0.2, 0.25) is 0 Å². The van der Waals surface area contributed by atoms with Gasteiger partial charge in [0.25, 0.3) is 0 Å². The zero-order chi connectivity index (χ0) is 37.1. The fourth-order valence-electron chi connectivity index (χ4n) is 10.4. The Morgan fingerprint density at radius 2 is 0.804 bits per heavy atom. The Bertz CT molecular complexity index is 2600. The molecule has 1 saturated carbocycles. The van der Waals surface area contributed by atoms with E-state index in [0.717, 1.165) is 5.69 Å². The van der Waals surface area contributed by atoms with Gasteiger partial charge in [0.1, 0.15) is 0 Å². The predicted octanol–water partition coefficient (Wildman–Crippen LogP) is 14.9. The minimum Gasteiger partial charge on any atom is -0.309 e. The van der Waals surface area contributed by atoms with Gasteiger partial charge in [-0.3, -0.25) is 0 Å². The maximum atomic E-state index is 2.55. The molecule has 0 amide bonds. The maximum absolute atomic E-state index is 2.55. The van der Waals surface area contributed by atoms with E-state index in [1.165, 1.54) is 116 Å². The summed E-state index contributed by atoms with van der Waals surface area (Å²) in [5, 5.41) is 0. The Kier molecular flexibility index (Phi) is 7.88. The number of benzene rings is 8. The number of para-hydroxylation sites is 1. The summed E-state index contributed by atoms with van der Waals surface area (Å²) in [6.07, 6.45) is 6.59. The maximum Gasteiger partial charge on any atom is 0.0726 e. The average Bonchev–Trinajstić information content (AvgIpc) is 3.75. The minimum atomic E-state index is -0.424. The van der Waals surface area contributed by atoms with Crippen LogP contribution < -0.4 is 4.90 Å². The van der Waals surface area contributed by atoms with E-state index in [0.29, 0.717) is 5.92 Å². The fourth-order valence-corrected chi connectivity index (χ4v) is 10.4. The number of anilines is 3. The second-order valence-corrected chi connectivity index (χ2v) is 15.8. The highest BCUT2D eigenvalue weighted by molar-refractivity contribution is 6.00. The van der Waals surface area contributed by atoms with Crippen LogP contribution >= 0.6 is 0 Å². The van der Waals surface area contributed by atoms with Gasteiger partial charge in [0, 0.05) is 22.5 Å². The molecule has 3 aliphatic rings. The Morgan fingerprint density at radius 3 is 1.34 bits per heavy atom. The third kappa shape index (κ3) is 5.00. The topological polar surface area (TPSA) is 3.24 Å². The minimum absolute atomic E-state index is 0.424. The Hall–Kier alpha value is -6.44. The third-order valence-electron chi connectivity index (χ3n) is 12.9. The van der Waals surface area contributed by atoms with E-state index >= 15 is 0 Å². The van der Waals surface area contributed by atoms with Crippen molar-refractivity contribution < 1.29 is 0 Å². The zero-order valence-electron chi connectivity index (χ0n) is 31.5. The molecule has 1 nitrogen and oxygen atoms in total. The van der Waals surface area contributed by atoms with Crippen molar-refractivity contribution in [2.24, 2.45) is 0 Å². The molecule has 8 aromatic carbocycles. The zero-order valence-corrected chi connectivity index (χ0v) is 31.5. The molecule has 0 N–H and O–H groups in total. The van der Waals surface area contributed by atoms with Crippen LogP contribution in [-0.2, 0) is 5.41 Å². The number of hydrogen-bond acceptors (Lipinski definition) is 1. The summed E-state index contributed by atoms with van der Waals surface area (Å²) >= 11 is 0. The van der Waals surface area contributed by atoms with Crippen LogP contribution in [-0.4, -0.2) is 0 Å². The number of rotatable bonds is 6. The summed E-state index contributed by atoms with van der Waals surface area (Å²) < 4.78 is 0. The lowest BCUT2D eigenvalue weighted by molar-refractivity contribution is 0.443. The molecule has 56 heavy (non-hydrogen) atoms. The molecule has 1 fully saturated rings. The molecule has 11 rings (SSSR count). The van der Waals surface area contributed by atoms with Gasteiger partial charge >= 0.3 is 0 Å². The van der Waals surface area contributed by atoms with E-state index in [1.807, 2.05) is 0 Å². The molecule has 0 radical (unpaired) electrons. The molecule has 0 aliphatic heterocycles. The lowest BCUT2D eigenvalue weighted by Gasteiger charge is -2.34. The Morgan fingerprint density at radius 1 is 0.357 bits per heavy atom. The van der Waals surface area contributed by atoms with Crippen molar-refractivity contribution in [1.29, 1.82) is 0 Å². The lowest BCUT2D eigenvalue weighted by atomic mass is 9.70. The highest BCUT2D eigenvalue weighted by Gasteiger charge is 2.51. The van der Waals surface area contributed by atoms with Crippen molar-refractivity contribution in [2.45, 2.75) is 43.4 Å². The molecule has 0 bridgehead atoms. The van der Waals surface area contributed by atoms with Crippen molar-refractivity contribution in [2.75, 3.05) is 4.90 Å².